The van der Waals surface area contributed by atoms with Crippen LogP contribution < -0.4 is 5.32 Å². The van der Waals surface area contributed by atoms with Crippen LogP contribution in [0.15, 0.2) is 34.1 Å². The average molecular weight is 339 g/mol. The predicted octanol–water partition coefficient (Wildman–Crippen LogP) is 2.16. The van der Waals surface area contributed by atoms with Gasteiger partial charge in [0.05, 0.1) is 16.3 Å². The monoisotopic (exact) mass is 339 g/mol. The maximum atomic E-state index is 11.8. The van der Waals surface area contributed by atoms with Gasteiger partial charge in [-0.25, -0.2) is 8.42 Å². The van der Waals surface area contributed by atoms with Crippen LogP contribution in [-0.2, 0) is 14.6 Å². The summed E-state index contributed by atoms with van der Waals surface area (Å²) in [5.74, 6) is -1.08. The van der Waals surface area contributed by atoms with Crippen molar-refractivity contribution in [2.24, 2.45) is 0 Å². The Bertz CT molecular complexity index is 778. The number of hydrogen-bond acceptors (Lipinski definition) is 5. The molecule has 0 saturated heterocycles. The number of aromatic nitrogens is 2. The zero-order valence-electron chi connectivity index (χ0n) is 12.5. The highest BCUT2D eigenvalue weighted by Gasteiger charge is 2.15. The molecule has 0 unspecified atom stereocenters. The van der Waals surface area contributed by atoms with Crippen LogP contribution in [-0.4, -0.2) is 36.5 Å². The first-order valence-electron chi connectivity index (χ1n) is 6.52. The molecule has 0 aliphatic carbocycles. The molecule has 0 saturated carbocycles. The van der Waals surface area contributed by atoms with Crippen molar-refractivity contribution in [1.82, 2.24) is 10.2 Å². The Morgan fingerprint density at radius 2 is 2.00 bits per heavy atom. The number of para-hydroxylation sites is 1. The van der Waals surface area contributed by atoms with E-state index in [-0.39, 0.29) is 0 Å². The maximum Gasteiger partial charge on any atom is 0.239 e. The summed E-state index contributed by atoms with van der Waals surface area (Å²) < 4.78 is 22.4. The van der Waals surface area contributed by atoms with Gasteiger partial charge >= 0.3 is 0 Å². The minimum Gasteiger partial charge on any atom is -0.324 e. The standard InChI is InChI=1S/C14H17N3O3S2/c1-9-14(10(2)17-16-9)21-12-7-5-4-6-11(12)15-13(18)8-22(3,19)20/h4-7H,8H2,1-3H3,(H,15,18)(H,16,17). The van der Waals surface area contributed by atoms with Crippen LogP contribution in [0, 0.1) is 13.8 Å². The van der Waals surface area contributed by atoms with Crippen molar-refractivity contribution in [1.29, 1.82) is 0 Å². The van der Waals surface area contributed by atoms with Crippen LogP contribution in [0.5, 0.6) is 0 Å². The van der Waals surface area contributed by atoms with Crippen LogP contribution in [0.1, 0.15) is 11.4 Å². The van der Waals surface area contributed by atoms with Gasteiger partial charge in [-0.1, -0.05) is 23.9 Å². The Morgan fingerprint density at radius 1 is 1.32 bits per heavy atom. The molecule has 2 rings (SSSR count). The zero-order chi connectivity index (χ0) is 16.3. The normalized spacial score (nSPS) is 11.4. The Balaban J connectivity index is 2.22. The van der Waals surface area contributed by atoms with E-state index < -0.39 is 21.5 Å². The number of rotatable bonds is 5. The van der Waals surface area contributed by atoms with E-state index in [1.165, 1.54) is 11.8 Å². The van der Waals surface area contributed by atoms with E-state index in [1.54, 1.807) is 12.1 Å². The highest BCUT2D eigenvalue weighted by molar-refractivity contribution is 7.99. The van der Waals surface area contributed by atoms with E-state index in [9.17, 15) is 13.2 Å². The number of benzene rings is 1. The highest BCUT2D eigenvalue weighted by Crippen LogP contribution is 2.36. The number of H-pyrrole nitrogens is 1. The lowest BCUT2D eigenvalue weighted by molar-refractivity contribution is -0.113. The van der Waals surface area contributed by atoms with Gasteiger partial charge in [0.25, 0.3) is 0 Å². The molecule has 22 heavy (non-hydrogen) atoms. The number of carbonyl (C=O) groups excluding carboxylic acids is 1. The Hall–Kier alpha value is -1.80. The van der Waals surface area contributed by atoms with E-state index in [0.717, 1.165) is 27.4 Å². The number of carbonyl (C=O) groups is 1. The second-order valence-corrected chi connectivity index (χ2v) is 8.17. The number of hydrogen-bond donors (Lipinski definition) is 2. The largest absolute Gasteiger partial charge is 0.324 e. The molecule has 0 bridgehead atoms. The van der Waals surface area contributed by atoms with Gasteiger partial charge in [0.15, 0.2) is 9.84 Å². The third kappa shape index (κ3) is 4.35. The lowest BCUT2D eigenvalue weighted by Crippen LogP contribution is -2.22. The molecule has 0 aliphatic rings. The highest BCUT2D eigenvalue weighted by atomic mass is 32.2. The summed E-state index contributed by atoms with van der Waals surface area (Å²) in [6, 6.07) is 7.26. The van der Waals surface area contributed by atoms with Crippen molar-refractivity contribution < 1.29 is 13.2 Å². The third-order valence-electron chi connectivity index (χ3n) is 2.83. The first-order valence-corrected chi connectivity index (χ1v) is 9.40. The summed E-state index contributed by atoms with van der Waals surface area (Å²) in [5, 5.41) is 9.70. The number of amides is 1. The summed E-state index contributed by atoms with van der Waals surface area (Å²) in [5.41, 5.74) is 2.40. The molecule has 2 aromatic rings. The maximum absolute atomic E-state index is 11.8. The molecule has 1 heterocycles. The molecule has 0 spiro atoms. The Kier molecular flexibility index (Phi) is 4.92. The van der Waals surface area contributed by atoms with Crippen molar-refractivity contribution >= 4 is 33.2 Å². The Labute approximate surface area is 133 Å². The molecule has 1 amide bonds. The fourth-order valence-corrected chi connectivity index (χ4v) is 3.42. The molecular weight excluding hydrogens is 322 g/mol. The van der Waals surface area contributed by atoms with Gasteiger partial charge in [0.1, 0.15) is 5.75 Å². The summed E-state index contributed by atoms with van der Waals surface area (Å²) in [4.78, 5) is 13.6. The van der Waals surface area contributed by atoms with E-state index in [1.807, 2.05) is 26.0 Å². The minimum atomic E-state index is -3.35. The first kappa shape index (κ1) is 16.6. The molecule has 1 aromatic heterocycles. The number of sulfone groups is 1. The molecule has 6 nitrogen and oxygen atoms in total. The van der Waals surface area contributed by atoms with Crippen molar-refractivity contribution in [2.75, 3.05) is 17.3 Å². The fourth-order valence-electron chi connectivity index (χ4n) is 1.88. The fraction of sp³-hybridized carbons (Fsp3) is 0.286. The van der Waals surface area contributed by atoms with E-state index in [2.05, 4.69) is 15.5 Å². The van der Waals surface area contributed by atoms with Gasteiger partial charge < -0.3 is 5.32 Å². The second-order valence-electron chi connectivity index (χ2n) is 4.98. The van der Waals surface area contributed by atoms with Crippen LogP contribution in [0.3, 0.4) is 0 Å². The van der Waals surface area contributed by atoms with Gasteiger partial charge in [-0.3, -0.25) is 9.89 Å². The van der Waals surface area contributed by atoms with E-state index in [0.29, 0.717) is 5.69 Å². The summed E-state index contributed by atoms with van der Waals surface area (Å²) in [7, 11) is -3.35. The Morgan fingerprint density at radius 3 is 2.59 bits per heavy atom. The molecule has 118 valence electrons. The van der Waals surface area contributed by atoms with Crippen LogP contribution in [0.2, 0.25) is 0 Å². The number of nitrogens with one attached hydrogen (secondary N) is 2. The van der Waals surface area contributed by atoms with Crippen molar-refractivity contribution in [3.63, 3.8) is 0 Å². The summed E-state index contributed by atoms with van der Waals surface area (Å²) in [6.07, 6.45) is 1.03. The number of aryl methyl sites for hydroxylation is 2. The van der Waals surface area contributed by atoms with E-state index in [4.69, 9.17) is 0 Å². The quantitative estimate of drug-likeness (QED) is 0.871. The van der Waals surface area contributed by atoms with Gasteiger partial charge in [-0.05, 0) is 26.0 Å². The molecule has 0 fully saturated rings. The van der Waals surface area contributed by atoms with Crippen LogP contribution in [0.4, 0.5) is 5.69 Å². The minimum absolute atomic E-state index is 0.532. The van der Waals surface area contributed by atoms with Gasteiger partial charge in [0.2, 0.25) is 5.91 Å². The van der Waals surface area contributed by atoms with Crippen molar-refractivity contribution in [3.05, 3.63) is 35.7 Å². The lowest BCUT2D eigenvalue weighted by Gasteiger charge is -2.10. The average Bonchev–Trinajstić information content (AvgIpc) is 2.70. The van der Waals surface area contributed by atoms with Gasteiger partial charge in [-0.15, -0.1) is 0 Å². The molecular formula is C14H17N3O3S2. The molecule has 0 atom stereocenters. The van der Waals surface area contributed by atoms with Crippen LogP contribution in [0.25, 0.3) is 0 Å². The zero-order valence-corrected chi connectivity index (χ0v) is 14.1. The lowest BCUT2D eigenvalue weighted by atomic mass is 10.3. The van der Waals surface area contributed by atoms with Gasteiger partial charge in [0, 0.05) is 16.8 Å². The van der Waals surface area contributed by atoms with Crippen molar-refractivity contribution in [3.8, 4) is 0 Å². The third-order valence-corrected chi connectivity index (χ3v) is 5.00. The number of anilines is 1. The van der Waals surface area contributed by atoms with E-state index >= 15 is 0 Å². The number of nitrogens with zero attached hydrogens (tertiary/aromatic N) is 1. The van der Waals surface area contributed by atoms with Crippen LogP contribution >= 0.6 is 11.8 Å². The first-order chi connectivity index (χ1) is 10.3. The van der Waals surface area contributed by atoms with Gasteiger partial charge in [-0.2, -0.15) is 5.10 Å². The topological polar surface area (TPSA) is 91.9 Å². The molecule has 1 aromatic carbocycles. The SMILES string of the molecule is Cc1n[nH]c(C)c1Sc1ccccc1NC(=O)CS(C)(=O)=O. The predicted molar refractivity (Wildman–Crippen MR) is 87.0 cm³/mol. The van der Waals surface area contributed by atoms with Crippen molar-refractivity contribution in [2.45, 2.75) is 23.6 Å². The smallest absolute Gasteiger partial charge is 0.239 e. The summed E-state index contributed by atoms with van der Waals surface area (Å²) in [6.45, 7) is 3.82. The molecule has 0 aliphatic heterocycles. The summed E-state index contributed by atoms with van der Waals surface area (Å²) >= 11 is 1.48. The molecule has 0 radical (unpaired) electrons. The number of aromatic amines is 1. The molecule has 8 heteroatoms. The molecule has 2 N–H and O–H groups in total. The second kappa shape index (κ2) is 6.53.